The normalized spacial score (nSPS) is 18.5. The first-order chi connectivity index (χ1) is 8.81. The van der Waals surface area contributed by atoms with Crippen LogP contribution in [0.4, 0.5) is 0 Å². The highest BCUT2D eigenvalue weighted by Crippen LogP contribution is 2.39. The zero-order chi connectivity index (χ0) is 13.8. The van der Waals surface area contributed by atoms with Crippen molar-refractivity contribution in [1.29, 1.82) is 0 Å². The summed E-state index contributed by atoms with van der Waals surface area (Å²) in [5, 5.41) is 0. The van der Waals surface area contributed by atoms with Gasteiger partial charge in [0.25, 0.3) is 0 Å². The lowest BCUT2D eigenvalue weighted by molar-refractivity contribution is 0.234. The van der Waals surface area contributed by atoms with Crippen LogP contribution in [0.25, 0.3) is 11.0 Å². The molecule has 0 unspecified atom stereocenters. The predicted octanol–water partition coefficient (Wildman–Crippen LogP) is 1.31. The van der Waals surface area contributed by atoms with Gasteiger partial charge in [-0.15, -0.1) is 0 Å². The van der Waals surface area contributed by atoms with E-state index in [1.807, 2.05) is 11.6 Å². The lowest BCUT2D eigenvalue weighted by atomic mass is 9.77. The fourth-order valence-electron chi connectivity index (χ4n) is 2.64. The largest absolute Gasteiger partial charge is 0.330 e. The van der Waals surface area contributed by atoms with E-state index in [0.717, 1.165) is 30.6 Å². The van der Waals surface area contributed by atoms with Crippen molar-refractivity contribution in [3.05, 3.63) is 24.0 Å². The highest BCUT2D eigenvalue weighted by atomic mass is 32.2. The van der Waals surface area contributed by atoms with Crippen molar-refractivity contribution in [2.45, 2.75) is 29.7 Å². The van der Waals surface area contributed by atoms with Crippen molar-refractivity contribution < 1.29 is 8.42 Å². The standard InChI is InChI=1S/C13H17N3O2S/c1-16-11-5-4-9(19(2,17)18)8-10(11)15-12(16)13(14)6-3-7-13/h4-5,8H,3,6-7,14H2,1-2H3. The second-order valence-electron chi connectivity index (χ2n) is 5.43. The summed E-state index contributed by atoms with van der Waals surface area (Å²) in [5.41, 5.74) is 7.57. The molecular formula is C13H17N3O2S. The van der Waals surface area contributed by atoms with E-state index in [1.165, 1.54) is 6.26 Å². The van der Waals surface area contributed by atoms with Crippen LogP contribution in [0.15, 0.2) is 23.1 Å². The van der Waals surface area contributed by atoms with Gasteiger partial charge in [0.05, 0.1) is 21.5 Å². The van der Waals surface area contributed by atoms with Crippen molar-refractivity contribution in [3.8, 4) is 0 Å². The number of hydrogen-bond donors (Lipinski definition) is 1. The molecule has 1 aromatic heterocycles. The van der Waals surface area contributed by atoms with Gasteiger partial charge in [0.1, 0.15) is 5.82 Å². The Labute approximate surface area is 112 Å². The highest BCUT2D eigenvalue weighted by Gasteiger charge is 2.38. The maximum atomic E-state index is 11.6. The first kappa shape index (κ1) is 12.6. The predicted molar refractivity (Wildman–Crippen MR) is 73.5 cm³/mol. The first-order valence-electron chi connectivity index (χ1n) is 6.27. The summed E-state index contributed by atoms with van der Waals surface area (Å²) in [6, 6.07) is 5.04. The molecule has 1 saturated carbocycles. The lowest BCUT2D eigenvalue weighted by Crippen LogP contribution is -2.45. The molecule has 0 radical (unpaired) electrons. The third kappa shape index (κ3) is 1.86. The van der Waals surface area contributed by atoms with E-state index in [1.54, 1.807) is 18.2 Å². The number of imidazole rings is 1. The number of benzene rings is 1. The fourth-order valence-corrected chi connectivity index (χ4v) is 3.28. The minimum absolute atomic E-state index is 0.296. The molecule has 6 heteroatoms. The number of fused-ring (bicyclic) bond motifs is 1. The third-order valence-corrected chi connectivity index (χ3v) is 5.08. The molecule has 102 valence electrons. The molecule has 0 atom stereocenters. The minimum Gasteiger partial charge on any atom is -0.330 e. The van der Waals surface area contributed by atoms with Gasteiger partial charge >= 0.3 is 0 Å². The summed E-state index contributed by atoms with van der Waals surface area (Å²) in [4.78, 5) is 4.85. The maximum Gasteiger partial charge on any atom is 0.175 e. The van der Waals surface area contributed by atoms with Crippen molar-refractivity contribution in [2.24, 2.45) is 12.8 Å². The molecule has 1 aliphatic rings. The van der Waals surface area contributed by atoms with Gasteiger partial charge in [0.15, 0.2) is 9.84 Å². The second-order valence-corrected chi connectivity index (χ2v) is 7.44. The molecule has 0 aliphatic heterocycles. The molecule has 19 heavy (non-hydrogen) atoms. The highest BCUT2D eigenvalue weighted by molar-refractivity contribution is 7.90. The second kappa shape index (κ2) is 3.80. The van der Waals surface area contributed by atoms with Crippen LogP contribution in [-0.4, -0.2) is 24.2 Å². The van der Waals surface area contributed by atoms with E-state index in [4.69, 9.17) is 5.73 Å². The monoisotopic (exact) mass is 279 g/mol. The molecule has 2 N–H and O–H groups in total. The van der Waals surface area contributed by atoms with Crippen LogP contribution in [0.1, 0.15) is 25.1 Å². The Morgan fingerprint density at radius 2 is 2.05 bits per heavy atom. The minimum atomic E-state index is -3.21. The molecule has 0 bridgehead atoms. The van der Waals surface area contributed by atoms with E-state index >= 15 is 0 Å². The molecule has 1 aromatic carbocycles. The van der Waals surface area contributed by atoms with E-state index < -0.39 is 9.84 Å². The van der Waals surface area contributed by atoms with Crippen LogP contribution in [0.5, 0.6) is 0 Å². The quantitative estimate of drug-likeness (QED) is 0.899. The summed E-state index contributed by atoms with van der Waals surface area (Å²) >= 11 is 0. The van der Waals surface area contributed by atoms with Gasteiger partial charge < -0.3 is 10.3 Å². The van der Waals surface area contributed by atoms with Crippen molar-refractivity contribution in [3.63, 3.8) is 0 Å². The number of rotatable bonds is 2. The Bertz CT molecular complexity index is 758. The molecule has 5 nitrogen and oxygen atoms in total. The molecule has 3 rings (SSSR count). The third-order valence-electron chi connectivity index (χ3n) is 3.97. The van der Waals surface area contributed by atoms with E-state index in [-0.39, 0.29) is 5.54 Å². The van der Waals surface area contributed by atoms with E-state index in [9.17, 15) is 8.42 Å². The van der Waals surface area contributed by atoms with Gasteiger partial charge in [0, 0.05) is 13.3 Å². The summed E-state index contributed by atoms with van der Waals surface area (Å²) in [5.74, 6) is 0.847. The number of hydrogen-bond acceptors (Lipinski definition) is 4. The van der Waals surface area contributed by atoms with Crippen LogP contribution in [0.3, 0.4) is 0 Å². The Morgan fingerprint density at radius 1 is 1.37 bits per heavy atom. The Balaban J connectivity index is 2.21. The zero-order valence-corrected chi connectivity index (χ0v) is 11.9. The fraction of sp³-hybridized carbons (Fsp3) is 0.462. The number of aryl methyl sites for hydroxylation is 1. The van der Waals surface area contributed by atoms with Gasteiger partial charge in [-0.3, -0.25) is 0 Å². The Kier molecular flexibility index (Phi) is 2.53. The van der Waals surface area contributed by atoms with Crippen molar-refractivity contribution >= 4 is 20.9 Å². The summed E-state index contributed by atoms with van der Waals surface area (Å²) in [6.45, 7) is 0. The Hall–Kier alpha value is -1.40. The van der Waals surface area contributed by atoms with Gasteiger partial charge in [-0.25, -0.2) is 13.4 Å². The van der Waals surface area contributed by atoms with Gasteiger partial charge in [-0.1, -0.05) is 0 Å². The molecule has 0 spiro atoms. The molecule has 0 saturated heterocycles. The average Bonchev–Trinajstić information content (AvgIpc) is 2.63. The van der Waals surface area contributed by atoms with Crippen molar-refractivity contribution in [2.75, 3.05) is 6.26 Å². The zero-order valence-electron chi connectivity index (χ0n) is 11.0. The van der Waals surface area contributed by atoms with Gasteiger partial charge in [0.2, 0.25) is 0 Å². The molecule has 1 aliphatic carbocycles. The summed E-state index contributed by atoms with van der Waals surface area (Å²) in [7, 11) is -1.28. The van der Waals surface area contributed by atoms with Gasteiger partial charge in [-0.2, -0.15) is 0 Å². The summed E-state index contributed by atoms with van der Waals surface area (Å²) < 4.78 is 25.1. The maximum absolute atomic E-state index is 11.6. The Morgan fingerprint density at radius 3 is 2.58 bits per heavy atom. The van der Waals surface area contributed by atoms with Crippen LogP contribution in [0.2, 0.25) is 0 Å². The lowest BCUT2D eigenvalue weighted by Gasteiger charge is -2.37. The molecule has 0 amide bonds. The van der Waals surface area contributed by atoms with Crippen LogP contribution >= 0.6 is 0 Å². The molecular weight excluding hydrogens is 262 g/mol. The number of aromatic nitrogens is 2. The average molecular weight is 279 g/mol. The van der Waals surface area contributed by atoms with Crippen LogP contribution in [0, 0.1) is 0 Å². The molecule has 2 aromatic rings. The molecule has 1 fully saturated rings. The first-order valence-corrected chi connectivity index (χ1v) is 8.16. The SMILES string of the molecule is Cn1c(C2(N)CCC2)nc2cc(S(C)(=O)=O)ccc21. The van der Waals surface area contributed by atoms with E-state index in [0.29, 0.717) is 10.4 Å². The van der Waals surface area contributed by atoms with Crippen LogP contribution in [-0.2, 0) is 22.4 Å². The van der Waals surface area contributed by atoms with Crippen LogP contribution < -0.4 is 5.73 Å². The topological polar surface area (TPSA) is 78.0 Å². The number of nitrogens with two attached hydrogens (primary N) is 1. The number of sulfone groups is 1. The van der Waals surface area contributed by atoms with Crippen molar-refractivity contribution in [1.82, 2.24) is 9.55 Å². The molecule has 1 heterocycles. The van der Waals surface area contributed by atoms with Gasteiger partial charge in [-0.05, 0) is 37.5 Å². The smallest absolute Gasteiger partial charge is 0.175 e. The number of nitrogens with zero attached hydrogens (tertiary/aromatic N) is 2. The summed E-state index contributed by atoms with van der Waals surface area (Å²) in [6.07, 6.45) is 4.19. The van der Waals surface area contributed by atoms with E-state index in [2.05, 4.69) is 4.98 Å².